The average molecular weight is 349 g/mol. The van der Waals surface area contributed by atoms with Crippen LogP contribution in [0.25, 0.3) is 0 Å². The van der Waals surface area contributed by atoms with E-state index in [-0.39, 0.29) is 24.1 Å². The zero-order chi connectivity index (χ0) is 19.0. The third-order valence-electron chi connectivity index (χ3n) is 3.81. The number of hydroxylamine groups is 1. The second-order valence-corrected chi connectivity index (χ2v) is 5.37. The first-order valence-corrected chi connectivity index (χ1v) is 7.35. The van der Waals surface area contributed by atoms with Gasteiger partial charge in [0.15, 0.2) is 0 Å². The zero-order valence-corrected chi connectivity index (χ0v) is 13.6. The van der Waals surface area contributed by atoms with Gasteiger partial charge in [-0.25, -0.2) is 5.48 Å². The quantitative estimate of drug-likeness (QED) is 0.272. The van der Waals surface area contributed by atoms with Gasteiger partial charge in [-0.05, 0) is 18.6 Å². The maximum Gasteiger partial charge on any atom is 0.269 e. The molecule has 9 nitrogen and oxygen atoms in total. The van der Waals surface area contributed by atoms with E-state index in [9.17, 15) is 24.8 Å². The Morgan fingerprint density at radius 1 is 1.40 bits per heavy atom. The summed E-state index contributed by atoms with van der Waals surface area (Å²) in [6, 6.07) is 4.30. The van der Waals surface area contributed by atoms with Crippen LogP contribution in [0.4, 0.5) is 5.69 Å². The van der Waals surface area contributed by atoms with Crippen LogP contribution in [0.5, 0.6) is 0 Å². The summed E-state index contributed by atoms with van der Waals surface area (Å²) in [5.41, 5.74) is 1.57. The molecule has 0 aliphatic rings. The van der Waals surface area contributed by atoms with E-state index in [1.807, 2.05) is 0 Å². The molecule has 0 aliphatic heterocycles. The third kappa shape index (κ3) is 5.27. The van der Waals surface area contributed by atoms with Crippen molar-refractivity contribution in [2.24, 2.45) is 5.92 Å². The Morgan fingerprint density at radius 3 is 2.44 bits per heavy atom. The highest BCUT2D eigenvalue weighted by Crippen LogP contribution is 2.18. The first-order valence-electron chi connectivity index (χ1n) is 7.35. The molecule has 25 heavy (non-hydrogen) atoms. The van der Waals surface area contributed by atoms with E-state index < -0.39 is 35.3 Å². The number of aliphatic hydroxyl groups excluding tert-OH is 1. The van der Waals surface area contributed by atoms with E-state index >= 15 is 0 Å². The molecule has 0 aromatic heterocycles. The summed E-state index contributed by atoms with van der Waals surface area (Å²) in [6.45, 7) is -0.422. The van der Waals surface area contributed by atoms with Crippen molar-refractivity contribution in [3.8, 4) is 12.3 Å². The third-order valence-corrected chi connectivity index (χ3v) is 3.81. The number of nitro groups is 1. The Kier molecular flexibility index (Phi) is 7.52. The number of nitrogens with one attached hydrogen (secondary N) is 1. The van der Waals surface area contributed by atoms with Crippen molar-refractivity contribution in [2.75, 3.05) is 13.7 Å². The number of rotatable bonds is 8. The summed E-state index contributed by atoms with van der Waals surface area (Å²) in [5.74, 6) is 0.354. The minimum atomic E-state index is -0.778. The van der Waals surface area contributed by atoms with Crippen molar-refractivity contribution in [3.63, 3.8) is 0 Å². The van der Waals surface area contributed by atoms with Gasteiger partial charge in [0, 0.05) is 31.2 Å². The fourth-order valence-corrected chi connectivity index (χ4v) is 2.30. The number of benzene rings is 1. The molecule has 2 amide bonds. The Bertz CT molecular complexity index is 667. The van der Waals surface area contributed by atoms with E-state index in [1.54, 1.807) is 0 Å². The Labute approximate surface area is 144 Å². The summed E-state index contributed by atoms with van der Waals surface area (Å²) in [4.78, 5) is 35.4. The monoisotopic (exact) mass is 349 g/mol. The van der Waals surface area contributed by atoms with Crippen LogP contribution in [0.3, 0.4) is 0 Å². The number of carbonyl (C=O) groups excluding carboxylic acids is 2. The van der Waals surface area contributed by atoms with E-state index in [1.165, 1.54) is 41.7 Å². The van der Waals surface area contributed by atoms with Crippen LogP contribution in [0.15, 0.2) is 24.3 Å². The molecule has 134 valence electrons. The molecule has 0 radical (unpaired) electrons. The lowest BCUT2D eigenvalue weighted by atomic mass is 9.95. The molecule has 0 saturated carbocycles. The van der Waals surface area contributed by atoms with Crippen molar-refractivity contribution in [2.45, 2.75) is 18.9 Å². The molecule has 2 atom stereocenters. The molecule has 0 aliphatic carbocycles. The normalized spacial score (nSPS) is 12.6. The molecule has 0 heterocycles. The topological polar surface area (TPSA) is 133 Å². The number of nitrogens with zero attached hydrogens (tertiary/aromatic N) is 2. The van der Waals surface area contributed by atoms with Gasteiger partial charge in [0.05, 0.1) is 23.5 Å². The molecule has 1 rings (SSSR count). The Hall–Kier alpha value is -2.96. The Balaban J connectivity index is 2.90. The Morgan fingerprint density at radius 2 is 2.00 bits per heavy atom. The van der Waals surface area contributed by atoms with Gasteiger partial charge < -0.3 is 10.0 Å². The van der Waals surface area contributed by atoms with Gasteiger partial charge in [0.25, 0.3) is 11.6 Å². The van der Waals surface area contributed by atoms with Gasteiger partial charge >= 0.3 is 0 Å². The first kappa shape index (κ1) is 20.1. The van der Waals surface area contributed by atoms with Gasteiger partial charge in [0.2, 0.25) is 5.91 Å². The van der Waals surface area contributed by atoms with Crippen LogP contribution in [0.2, 0.25) is 0 Å². The van der Waals surface area contributed by atoms with Crippen LogP contribution >= 0.6 is 0 Å². The fourth-order valence-electron chi connectivity index (χ4n) is 2.30. The molecule has 0 fully saturated rings. The fraction of sp³-hybridized carbons (Fsp3) is 0.375. The van der Waals surface area contributed by atoms with Crippen LogP contribution in [-0.4, -0.2) is 51.6 Å². The van der Waals surface area contributed by atoms with Crippen molar-refractivity contribution in [1.29, 1.82) is 0 Å². The number of aliphatic hydroxyl groups is 1. The standard InChI is InChI=1S/C16H19N3O6/c1-3-4-12(15(21)17-23)9-14(10-20)18(2)16(22)11-5-7-13(8-6-11)19(24)25/h1,5-8,12,14,20,23H,4,9-10H2,2H3,(H,17,21)/t12-,14-/m0/s1. The van der Waals surface area contributed by atoms with Crippen LogP contribution < -0.4 is 5.48 Å². The summed E-state index contributed by atoms with van der Waals surface area (Å²) < 4.78 is 0. The smallest absolute Gasteiger partial charge is 0.269 e. The second-order valence-electron chi connectivity index (χ2n) is 5.37. The number of carbonyl (C=O) groups is 2. The molecule has 0 unspecified atom stereocenters. The number of amides is 2. The minimum absolute atomic E-state index is 0.0302. The number of nitro benzene ring substituents is 1. The molecular formula is C16H19N3O6. The van der Waals surface area contributed by atoms with Gasteiger partial charge in [-0.1, -0.05) is 0 Å². The first-order chi connectivity index (χ1) is 11.8. The zero-order valence-electron chi connectivity index (χ0n) is 13.6. The molecule has 9 heteroatoms. The number of likely N-dealkylation sites (N-methyl/N-ethyl adjacent to an activating group) is 1. The molecule has 1 aromatic rings. The van der Waals surface area contributed by atoms with Crippen molar-refractivity contribution in [1.82, 2.24) is 10.4 Å². The molecule has 0 spiro atoms. The van der Waals surface area contributed by atoms with Crippen molar-refractivity contribution < 1.29 is 24.8 Å². The van der Waals surface area contributed by atoms with E-state index in [0.717, 1.165) is 0 Å². The van der Waals surface area contributed by atoms with Crippen molar-refractivity contribution in [3.05, 3.63) is 39.9 Å². The highest BCUT2D eigenvalue weighted by molar-refractivity contribution is 5.94. The lowest BCUT2D eigenvalue weighted by molar-refractivity contribution is -0.384. The SMILES string of the molecule is C#CC[C@@H](C[C@@H](CO)N(C)C(=O)c1ccc([N+](=O)[O-])cc1)C(=O)NO. The number of hydrogen-bond acceptors (Lipinski definition) is 6. The number of hydrogen-bond donors (Lipinski definition) is 3. The van der Waals surface area contributed by atoms with Gasteiger partial charge in [0.1, 0.15) is 0 Å². The minimum Gasteiger partial charge on any atom is -0.394 e. The molecule has 1 aromatic carbocycles. The summed E-state index contributed by atoms with van der Waals surface area (Å²) in [6.07, 6.45) is 5.27. The van der Waals surface area contributed by atoms with Gasteiger partial charge in [-0.15, -0.1) is 12.3 Å². The number of terminal acetylenes is 1. The van der Waals surface area contributed by atoms with Gasteiger partial charge in [-0.2, -0.15) is 0 Å². The second kappa shape index (κ2) is 9.36. The summed E-state index contributed by atoms with van der Waals surface area (Å²) in [5, 5.41) is 28.9. The van der Waals surface area contributed by atoms with Crippen LogP contribution in [0, 0.1) is 28.4 Å². The highest BCUT2D eigenvalue weighted by Gasteiger charge is 2.27. The largest absolute Gasteiger partial charge is 0.394 e. The molecule has 0 bridgehead atoms. The average Bonchev–Trinajstić information content (AvgIpc) is 2.63. The van der Waals surface area contributed by atoms with E-state index in [0.29, 0.717) is 0 Å². The summed E-state index contributed by atoms with van der Waals surface area (Å²) >= 11 is 0. The van der Waals surface area contributed by atoms with Gasteiger partial charge in [-0.3, -0.25) is 24.9 Å². The molecule has 0 saturated heterocycles. The lowest BCUT2D eigenvalue weighted by Gasteiger charge is -2.29. The van der Waals surface area contributed by atoms with E-state index in [2.05, 4.69) is 5.92 Å². The van der Waals surface area contributed by atoms with Crippen LogP contribution in [0.1, 0.15) is 23.2 Å². The molecule has 3 N–H and O–H groups in total. The van der Waals surface area contributed by atoms with Crippen molar-refractivity contribution >= 4 is 17.5 Å². The number of non-ortho nitro benzene ring substituents is 1. The predicted octanol–water partition coefficient (Wildman–Crippen LogP) is 0.563. The molecular weight excluding hydrogens is 330 g/mol. The predicted molar refractivity (Wildman–Crippen MR) is 87.5 cm³/mol. The van der Waals surface area contributed by atoms with Crippen LogP contribution in [-0.2, 0) is 4.79 Å². The highest BCUT2D eigenvalue weighted by atomic mass is 16.6. The lowest BCUT2D eigenvalue weighted by Crippen LogP contribution is -2.42. The maximum atomic E-state index is 12.5. The van der Waals surface area contributed by atoms with E-state index in [4.69, 9.17) is 11.6 Å². The maximum absolute atomic E-state index is 12.5. The summed E-state index contributed by atoms with van der Waals surface area (Å²) in [7, 11) is 1.44.